The van der Waals surface area contributed by atoms with E-state index < -0.39 is 0 Å². The number of rotatable bonds is 11. The average Bonchev–Trinajstić information content (AvgIpc) is 2.53. The molecule has 0 saturated heterocycles. The minimum Gasteiger partial charge on any atom is -0.0651 e. The van der Waals surface area contributed by atoms with Gasteiger partial charge in [0.2, 0.25) is 0 Å². The van der Waals surface area contributed by atoms with E-state index in [1.807, 2.05) is 0 Å². The van der Waals surface area contributed by atoms with E-state index >= 15 is 0 Å². The van der Waals surface area contributed by atoms with E-state index in [-0.39, 0.29) is 0 Å². The maximum absolute atomic E-state index is 2.68. The maximum Gasteiger partial charge on any atom is -0.0295 e. The number of hydrogen-bond donors (Lipinski definition) is 0. The van der Waals surface area contributed by atoms with Gasteiger partial charge in [-0.2, -0.15) is 0 Å². The first-order valence-corrected chi connectivity index (χ1v) is 11.7. The molecule has 0 nitrogen and oxygen atoms in total. The van der Waals surface area contributed by atoms with E-state index in [9.17, 15) is 0 Å². The Morgan fingerprint density at radius 1 is 0.920 bits per heavy atom. The molecule has 1 rings (SSSR count). The molecule has 25 heavy (non-hydrogen) atoms. The summed E-state index contributed by atoms with van der Waals surface area (Å²) in [6.07, 6.45) is 14.4. The fraction of sp³-hybridized carbons (Fsp3) is 1.00. The van der Waals surface area contributed by atoms with E-state index in [0.29, 0.717) is 5.41 Å². The van der Waals surface area contributed by atoms with Crippen molar-refractivity contribution in [2.75, 3.05) is 0 Å². The summed E-state index contributed by atoms with van der Waals surface area (Å²) >= 11 is 0. The minimum absolute atomic E-state index is 0.575. The second kappa shape index (κ2) is 11.0. The third kappa shape index (κ3) is 7.64. The molecule has 0 heterocycles. The van der Waals surface area contributed by atoms with Crippen molar-refractivity contribution in [2.45, 2.75) is 120 Å². The highest BCUT2D eigenvalue weighted by Crippen LogP contribution is 2.51. The van der Waals surface area contributed by atoms with Gasteiger partial charge < -0.3 is 0 Å². The molecule has 0 aromatic heterocycles. The van der Waals surface area contributed by atoms with Crippen molar-refractivity contribution < 1.29 is 0 Å². The van der Waals surface area contributed by atoms with Gasteiger partial charge in [0.1, 0.15) is 0 Å². The van der Waals surface area contributed by atoms with E-state index in [2.05, 4.69) is 55.4 Å². The molecule has 0 amide bonds. The lowest BCUT2D eigenvalue weighted by Gasteiger charge is -2.48. The number of hydrogen-bond acceptors (Lipinski definition) is 0. The van der Waals surface area contributed by atoms with Crippen LogP contribution in [0.1, 0.15) is 120 Å². The van der Waals surface area contributed by atoms with Crippen LogP contribution in [-0.4, -0.2) is 0 Å². The molecule has 0 aromatic carbocycles. The van der Waals surface area contributed by atoms with E-state index in [1.54, 1.807) is 0 Å². The summed E-state index contributed by atoms with van der Waals surface area (Å²) in [5.41, 5.74) is 0.575. The second-order valence-electron chi connectivity index (χ2n) is 10.8. The van der Waals surface area contributed by atoms with Crippen LogP contribution in [0.3, 0.4) is 0 Å². The van der Waals surface area contributed by atoms with Crippen molar-refractivity contribution in [3.05, 3.63) is 0 Å². The Hall–Kier alpha value is 0. The standard InChI is InChI=1S/C25H50/c1-9-21(6)13-11-17-25(8,16-10-12-19(2)3)24-18-22(7)14-15-23(24)20(4)5/h19-24H,9-18H2,1-8H3. The van der Waals surface area contributed by atoms with Crippen LogP contribution in [0.2, 0.25) is 0 Å². The highest BCUT2D eigenvalue weighted by Gasteiger charge is 2.42. The Bertz CT molecular complexity index is 342. The van der Waals surface area contributed by atoms with Gasteiger partial charge in [0, 0.05) is 0 Å². The van der Waals surface area contributed by atoms with Crippen molar-refractivity contribution in [1.82, 2.24) is 0 Å². The zero-order valence-electron chi connectivity index (χ0n) is 19.0. The lowest BCUT2D eigenvalue weighted by Crippen LogP contribution is -2.39. The summed E-state index contributed by atoms with van der Waals surface area (Å²) in [6, 6.07) is 0. The first-order chi connectivity index (χ1) is 11.7. The molecule has 150 valence electrons. The first kappa shape index (κ1) is 23.0. The third-order valence-electron chi connectivity index (χ3n) is 7.59. The van der Waals surface area contributed by atoms with Crippen molar-refractivity contribution in [3.8, 4) is 0 Å². The Morgan fingerprint density at radius 2 is 1.52 bits per heavy atom. The van der Waals surface area contributed by atoms with Gasteiger partial charge in [-0.1, -0.05) is 93.9 Å². The third-order valence-corrected chi connectivity index (χ3v) is 7.59. The average molecular weight is 351 g/mol. The zero-order chi connectivity index (χ0) is 19.0. The Morgan fingerprint density at radius 3 is 2.04 bits per heavy atom. The van der Waals surface area contributed by atoms with Crippen LogP contribution in [0.25, 0.3) is 0 Å². The van der Waals surface area contributed by atoms with Crippen LogP contribution in [0.5, 0.6) is 0 Å². The van der Waals surface area contributed by atoms with Crippen molar-refractivity contribution in [3.63, 3.8) is 0 Å². The molecule has 1 aliphatic rings. The minimum atomic E-state index is 0.575. The Balaban J connectivity index is 2.84. The summed E-state index contributed by atoms with van der Waals surface area (Å²) < 4.78 is 0. The molecule has 0 N–H and O–H groups in total. The van der Waals surface area contributed by atoms with E-state index in [0.717, 1.165) is 35.5 Å². The molecule has 1 aliphatic carbocycles. The first-order valence-electron chi connectivity index (χ1n) is 11.7. The molecular formula is C25H50. The van der Waals surface area contributed by atoms with Crippen LogP contribution in [0, 0.1) is 40.9 Å². The van der Waals surface area contributed by atoms with Crippen LogP contribution in [-0.2, 0) is 0 Å². The van der Waals surface area contributed by atoms with Crippen molar-refractivity contribution in [2.24, 2.45) is 40.9 Å². The van der Waals surface area contributed by atoms with Crippen LogP contribution in [0.15, 0.2) is 0 Å². The van der Waals surface area contributed by atoms with Crippen molar-refractivity contribution >= 4 is 0 Å². The summed E-state index contributed by atoms with van der Waals surface area (Å²) in [5.74, 6) is 5.49. The predicted molar refractivity (Wildman–Crippen MR) is 115 cm³/mol. The molecular weight excluding hydrogens is 300 g/mol. The summed E-state index contributed by atoms with van der Waals surface area (Å²) in [4.78, 5) is 0. The molecule has 5 unspecified atom stereocenters. The molecule has 1 saturated carbocycles. The van der Waals surface area contributed by atoms with Gasteiger partial charge in [-0.05, 0) is 66.6 Å². The largest absolute Gasteiger partial charge is 0.0651 e. The van der Waals surface area contributed by atoms with Crippen LogP contribution >= 0.6 is 0 Å². The highest BCUT2D eigenvalue weighted by molar-refractivity contribution is 4.92. The van der Waals surface area contributed by atoms with Gasteiger partial charge in [-0.3, -0.25) is 0 Å². The van der Waals surface area contributed by atoms with E-state index in [1.165, 1.54) is 64.2 Å². The Kier molecular flexibility index (Phi) is 10.1. The van der Waals surface area contributed by atoms with Gasteiger partial charge in [-0.25, -0.2) is 0 Å². The van der Waals surface area contributed by atoms with Gasteiger partial charge in [0.25, 0.3) is 0 Å². The fourth-order valence-corrected chi connectivity index (χ4v) is 5.47. The molecule has 0 spiro atoms. The SMILES string of the molecule is CCC(C)CCCC(C)(CCCC(C)C)C1CC(C)CCC1C(C)C. The van der Waals surface area contributed by atoms with Crippen molar-refractivity contribution in [1.29, 1.82) is 0 Å². The molecule has 0 bridgehead atoms. The predicted octanol–water partition coefficient (Wildman–Crippen LogP) is 8.74. The second-order valence-corrected chi connectivity index (χ2v) is 10.8. The molecule has 0 aliphatic heterocycles. The van der Waals surface area contributed by atoms with Gasteiger partial charge in [-0.15, -0.1) is 0 Å². The molecule has 0 heteroatoms. The quantitative estimate of drug-likeness (QED) is 0.349. The zero-order valence-corrected chi connectivity index (χ0v) is 19.0. The lowest BCUT2D eigenvalue weighted by molar-refractivity contribution is 0.0144. The van der Waals surface area contributed by atoms with Gasteiger partial charge in [0.15, 0.2) is 0 Å². The smallest absolute Gasteiger partial charge is 0.0295 e. The van der Waals surface area contributed by atoms with Crippen LogP contribution < -0.4 is 0 Å². The molecule has 5 atom stereocenters. The highest BCUT2D eigenvalue weighted by atomic mass is 14.5. The lowest BCUT2D eigenvalue weighted by atomic mass is 9.57. The topological polar surface area (TPSA) is 0 Å². The van der Waals surface area contributed by atoms with Crippen LogP contribution in [0.4, 0.5) is 0 Å². The summed E-state index contributed by atoms with van der Waals surface area (Å²) in [7, 11) is 0. The normalized spacial score (nSPS) is 28.3. The fourth-order valence-electron chi connectivity index (χ4n) is 5.47. The molecule has 1 fully saturated rings. The van der Waals surface area contributed by atoms with Gasteiger partial charge in [0.05, 0.1) is 0 Å². The summed E-state index contributed by atoms with van der Waals surface area (Å²) in [5, 5.41) is 0. The monoisotopic (exact) mass is 350 g/mol. The Labute approximate surface area is 160 Å². The van der Waals surface area contributed by atoms with E-state index in [4.69, 9.17) is 0 Å². The maximum atomic E-state index is 2.68. The summed E-state index contributed by atoms with van der Waals surface area (Å²) in [6.45, 7) is 19.7. The van der Waals surface area contributed by atoms with Gasteiger partial charge >= 0.3 is 0 Å². The molecule has 0 aromatic rings. The molecule has 0 radical (unpaired) electrons.